The van der Waals surface area contributed by atoms with Crippen LogP contribution in [0.2, 0.25) is 10.0 Å². The molecule has 0 saturated carbocycles. The third-order valence-corrected chi connectivity index (χ3v) is 8.46. The van der Waals surface area contributed by atoms with Crippen LogP contribution in [0.15, 0.2) is 47.4 Å². The lowest BCUT2D eigenvalue weighted by molar-refractivity contribution is 0.486. The first kappa shape index (κ1) is 17.3. The minimum absolute atomic E-state index is 0.0351. The number of rotatable bonds is 4. The van der Waals surface area contributed by atoms with Crippen LogP contribution >= 0.6 is 46.7 Å². The van der Waals surface area contributed by atoms with E-state index in [1.807, 2.05) is 35.7 Å². The first-order valence-corrected chi connectivity index (χ1v) is 11.0. The highest BCUT2D eigenvalue weighted by molar-refractivity contribution is 8.19. The Balaban J connectivity index is 1.83. The van der Waals surface area contributed by atoms with Gasteiger partial charge in [-0.25, -0.2) is 0 Å². The lowest BCUT2D eigenvalue weighted by Gasteiger charge is -2.12. The predicted molar refractivity (Wildman–Crippen MR) is 98.4 cm³/mol. The fourth-order valence-corrected chi connectivity index (χ4v) is 7.01. The maximum atomic E-state index is 12.4. The Labute approximate surface area is 153 Å². The smallest absolute Gasteiger partial charge is 0.342 e. The van der Waals surface area contributed by atoms with Crippen molar-refractivity contribution in [3.05, 3.63) is 58.1 Å². The van der Waals surface area contributed by atoms with Gasteiger partial charge in [0.2, 0.25) is 0 Å². The van der Waals surface area contributed by atoms with Gasteiger partial charge in [-0.15, -0.1) is 23.5 Å². The first-order chi connectivity index (χ1) is 11.0. The van der Waals surface area contributed by atoms with Crippen molar-refractivity contribution < 1.29 is 12.6 Å². The highest BCUT2D eigenvalue weighted by atomic mass is 35.5. The van der Waals surface area contributed by atoms with Gasteiger partial charge in [-0.1, -0.05) is 41.4 Å². The summed E-state index contributed by atoms with van der Waals surface area (Å²) in [7, 11) is -4.08. The van der Waals surface area contributed by atoms with Crippen LogP contribution in [-0.4, -0.2) is 19.9 Å². The summed E-state index contributed by atoms with van der Waals surface area (Å²) in [6, 6.07) is 11.6. The Kier molecular flexibility index (Phi) is 5.38. The van der Waals surface area contributed by atoms with E-state index >= 15 is 0 Å². The topological polar surface area (TPSA) is 43.4 Å². The summed E-state index contributed by atoms with van der Waals surface area (Å²) in [4.78, 5) is -0.214. The van der Waals surface area contributed by atoms with E-state index in [0.29, 0.717) is 4.58 Å². The lowest BCUT2D eigenvalue weighted by Crippen LogP contribution is -2.11. The molecule has 0 radical (unpaired) electrons. The molecule has 0 unspecified atom stereocenters. The summed E-state index contributed by atoms with van der Waals surface area (Å²) in [5.74, 6) is 2.50. The van der Waals surface area contributed by atoms with Gasteiger partial charge in [0.1, 0.15) is 10.6 Å². The molecular formula is C15H12Cl2O3S3. The minimum atomic E-state index is -4.08. The van der Waals surface area contributed by atoms with Crippen LogP contribution in [0.1, 0.15) is 10.1 Å². The molecule has 1 saturated heterocycles. The van der Waals surface area contributed by atoms with Gasteiger partial charge >= 0.3 is 10.1 Å². The van der Waals surface area contributed by atoms with Crippen LogP contribution in [0.5, 0.6) is 5.75 Å². The maximum Gasteiger partial charge on any atom is 0.342 e. The highest BCUT2D eigenvalue weighted by Crippen LogP contribution is 2.45. The van der Waals surface area contributed by atoms with Crippen molar-refractivity contribution in [2.75, 3.05) is 11.5 Å². The standard InChI is InChI=1S/C15H12Cl2O3S3/c16-12-2-1-3-13(17)14(12)23(18,19)20-11-6-4-10(5-7-11)15-21-8-9-22-15/h1-7,15H,8-9H2. The van der Waals surface area contributed by atoms with Crippen LogP contribution in [0.3, 0.4) is 0 Å². The average Bonchev–Trinajstić information content (AvgIpc) is 3.01. The van der Waals surface area contributed by atoms with Crippen molar-refractivity contribution >= 4 is 56.8 Å². The Morgan fingerprint density at radius 3 is 2.09 bits per heavy atom. The van der Waals surface area contributed by atoms with Gasteiger partial charge in [-0.05, 0) is 29.8 Å². The molecule has 2 aromatic rings. The van der Waals surface area contributed by atoms with Crippen LogP contribution in [0.4, 0.5) is 0 Å². The van der Waals surface area contributed by atoms with E-state index in [4.69, 9.17) is 27.4 Å². The van der Waals surface area contributed by atoms with Crippen molar-refractivity contribution in [3.8, 4) is 5.75 Å². The van der Waals surface area contributed by atoms with E-state index in [-0.39, 0.29) is 20.7 Å². The Morgan fingerprint density at radius 2 is 1.52 bits per heavy atom. The molecule has 0 bridgehead atoms. The second kappa shape index (κ2) is 7.15. The molecule has 0 atom stereocenters. The molecule has 8 heteroatoms. The zero-order valence-electron chi connectivity index (χ0n) is 11.7. The zero-order chi connectivity index (χ0) is 16.4. The van der Waals surface area contributed by atoms with Gasteiger partial charge in [0, 0.05) is 11.5 Å². The van der Waals surface area contributed by atoms with Crippen LogP contribution < -0.4 is 4.18 Å². The first-order valence-electron chi connectivity index (χ1n) is 6.69. The normalized spacial score (nSPS) is 15.7. The Morgan fingerprint density at radius 1 is 0.957 bits per heavy atom. The van der Waals surface area contributed by atoms with Gasteiger partial charge in [-0.2, -0.15) is 8.42 Å². The molecule has 0 amide bonds. The summed E-state index contributed by atoms with van der Waals surface area (Å²) in [5, 5.41) is 0.0701. The maximum absolute atomic E-state index is 12.4. The van der Waals surface area contributed by atoms with Crippen LogP contribution in [0, 0.1) is 0 Å². The van der Waals surface area contributed by atoms with Crippen molar-refractivity contribution in [3.63, 3.8) is 0 Å². The van der Waals surface area contributed by atoms with Crippen LogP contribution in [0.25, 0.3) is 0 Å². The molecule has 122 valence electrons. The third kappa shape index (κ3) is 3.94. The molecule has 1 heterocycles. The fraction of sp³-hybridized carbons (Fsp3) is 0.200. The van der Waals surface area contributed by atoms with E-state index in [9.17, 15) is 8.42 Å². The molecule has 3 rings (SSSR count). The number of hydrogen-bond donors (Lipinski definition) is 0. The number of halogens is 2. The van der Waals surface area contributed by atoms with E-state index in [0.717, 1.165) is 17.1 Å². The zero-order valence-corrected chi connectivity index (χ0v) is 15.7. The van der Waals surface area contributed by atoms with Crippen molar-refractivity contribution in [1.82, 2.24) is 0 Å². The molecule has 0 N–H and O–H groups in total. The number of thioether (sulfide) groups is 2. The second-order valence-corrected chi connectivity index (χ2v) is 9.75. The van der Waals surface area contributed by atoms with E-state index < -0.39 is 10.1 Å². The van der Waals surface area contributed by atoms with E-state index in [1.54, 1.807) is 18.2 Å². The molecule has 1 fully saturated rings. The third-order valence-electron chi connectivity index (χ3n) is 3.15. The number of benzene rings is 2. The van der Waals surface area contributed by atoms with Crippen molar-refractivity contribution in [1.29, 1.82) is 0 Å². The molecule has 0 aliphatic carbocycles. The molecule has 3 nitrogen and oxygen atoms in total. The lowest BCUT2D eigenvalue weighted by atomic mass is 10.2. The fourth-order valence-electron chi connectivity index (χ4n) is 2.12. The largest absolute Gasteiger partial charge is 0.379 e. The average molecular weight is 407 g/mol. The summed E-state index contributed by atoms with van der Waals surface area (Å²) >= 11 is 15.7. The monoisotopic (exact) mass is 406 g/mol. The van der Waals surface area contributed by atoms with E-state index in [1.165, 1.54) is 12.1 Å². The van der Waals surface area contributed by atoms with Crippen molar-refractivity contribution in [2.45, 2.75) is 9.48 Å². The highest BCUT2D eigenvalue weighted by Gasteiger charge is 2.24. The Hall–Kier alpha value is -0.530. The molecule has 0 spiro atoms. The molecular weight excluding hydrogens is 395 g/mol. The number of hydrogen-bond acceptors (Lipinski definition) is 5. The molecule has 1 aliphatic heterocycles. The molecule has 2 aromatic carbocycles. The summed E-state index contributed by atoms with van der Waals surface area (Å²) in [5.41, 5.74) is 1.15. The SMILES string of the molecule is O=S(=O)(Oc1ccc(C2SCCS2)cc1)c1c(Cl)cccc1Cl. The summed E-state index contributed by atoms with van der Waals surface area (Å²) in [6.45, 7) is 0. The van der Waals surface area contributed by atoms with Gasteiger partial charge in [0.05, 0.1) is 14.6 Å². The Bertz CT molecular complexity index is 781. The minimum Gasteiger partial charge on any atom is -0.379 e. The van der Waals surface area contributed by atoms with Gasteiger partial charge in [0.15, 0.2) is 0 Å². The van der Waals surface area contributed by atoms with Crippen LogP contribution in [-0.2, 0) is 10.1 Å². The van der Waals surface area contributed by atoms with Gasteiger partial charge in [-0.3, -0.25) is 0 Å². The van der Waals surface area contributed by atoms with Crippen molar-refractivity contribution in [2.24, 2.45) is 0 Å². The summed E-state index contributed by atoms with van der Waals surface area (Å²) in [6.07, 6.45) is 0. The van der Waals surface area contributed by atoms with Gasteiger partial charge in [0.25, 0.3) is 0 Å². The second-order valence-electron chi connectivity index (χ2n) is 4.73. The van der Waals surface area contributed by atoms with E-state index in [2.05, 4.69) is 0 Å². The molecule has 23 heavy (non-hydrogen) atoms. The molecule has 1 aliphatic rings. The quantitative estimate of drug-likeness (QED) is 0.649. The molecule has 0 aromatic heterocycles. The predicted octanol–water partition coefficient (Wildman–Crippen LogP) is 5.24. The summed E-state index contributed by atoms with van der Waals surface area (Å²) < 4.78 is 30.3. The van der Waals surface area contributed by atoms with Gasteiger partial charge < -0.3 is 4.18 Å².